The number of esters is 2. The zero-order valence-corrected chi connectivity index (χ0v) is 34.1. The van der Waals surface area contributed by atoms with Gasteiger partial charge in [0.1, 0.15) is 31.0 Å². The number of unbranched alkanes of at least 4 members (excludes halogenated alkanes) is 11. The Morgan fingerprint density at radius 2 is 1.07 bits per heavy atom. The first-order valence-electron chi connectivity index (χ1n) is 20.9. The van der Waals surface area contributed by atoms with Crippen molar-refractivity contribution in [3.05, 3.63) is 97.2 Å². The van der Waals surface area contributed by atoms with Crippen LogP contribution in [0.25, 0.3) is 0 Å². The number of ether oxygens (including phenoxy) is 4. The predicted molar refractivity (Wildman–Crippen MR) is 224 cm³/mol. The predicted octanol–water partition coefficient (Wildman–Crippen LogP) is 8.38. The van der Waals surface area contributed by atoms with E-state index in [0.29, 0.717) is 19.3 Å². The first kappa shape index (κ1) is 50.6. The highest BCUT2D eigenvalue weighted by molar-refractivity contribution is 5.70. The van der Waals surface area contributed by atoms with Crippen LogP contribution in [0.3, 0.4) is 0 Å². The van der Waals surface area contributed by atoms with E-state index >= 15 is 0 Å². The molecule has 316 valence electrons. The Balaban J connectivity index is 2.43. The summed E-state index contributed by atoms with van der Waals surface area (Å²) in [5.74, 6) is -0.929. The van der Waals surface area contributed by atoms with Crippen molar-refractivity contribution in [3.63, 3.8) is 0 Å². The monoisotopic (exact) mass is 785 g/mol. The molecule has 1 aliphatic rings. The molecule has 1 saturated heterocycles. The summed E-state index contributed by atoms with van der Waals surface area (Å²) in [5.41, 5.74) is 0. The van der Waals surface area contributed by atoms with E-state index in [1.54, 1.807) is 0 Å². The highest BCUT2D eigenvalue weighted by Gasteiger charge is 2.44. The number of allylic oxidation sites excluding steroid dienone is 16. The second kappa shape index (κ2) is 36.0. The number of carbonyl (C=O) groups is 2. The highest BCUT2D eigenvalue weighted by atomic mass is 16.7. The fraction of sp³-hybridized carbons (Fsp3) is 0.609. The van der Waals surface area contributed by atoms with Gasteiger partial charge in [-0.2, -0.15) is 0 Å². The second-order valence-electron chi connectivity index (χ2n) is 13.9. The van der Waals surface area contributed by atoms with Crippen LogP contribution in [0.2, 0.25) is 0 Å². The summed E-state index contributed by atoms with van der Waals surface area (Å²) in [6, 6.07) is 0. The molecule has 1 heterocycles. The maximum atomic E-state index is 12.7. The first-order chi connectivity index (χ1) is 27.3. The molecule has 0 aromatic carbocycles. The van der Waals surface area contributed by atoms with Crippen molar-refractivity contribution in [3.8, 4) is 0 Å². The summed E-state index contributed by atoms with van der Waals surface area (Å²) in [5, 5.41) is 40.0. The third-order valence-electron chi connectivity index (χ3n) is 8.89. The standard InChI is InChI=1S/C46H72O10/c1-3-5-7-9-11-13-15-17-18-19-20-21-23-24-26-28-30-32-34-41(48)53-37-39(38-54-46-45(52)44(51)43(50)40(36-47)56-46)55-42(49)35-33-31-29-27-25-22-16-14-12-10-8-6-4-2/h6,8,10,12,14-22,25,27,29,39-40,43-47,50-52H,3-5,7,9,11,13,23-24,26,28,30-38H2,1-2H3/b8-6+,12-10+,16-14+,17-15+,19-18+,21-20+,25-22+,29-27+/t39?,40-,43+,44?,45?,46-/m0/s1. The van der Waals surface area contributed by atoms with Gasteiger partial charge in [-0.25, -0.2) is 0 Å². The van der Waals surface area contributed by atoms with E-state index in [-0.39, 0.29) is 26.1 Å². The van der Waals surface area contributed by atoms with Gasteiger partial charge in [0.25, 0.3) is 0 Å². The highest BCUT2D eigenvalue weighted by Crippen LogP contribution is 2.22. The largest absolute Gasteiger partial charge is 0.462 e. The van der Waals surface area contributed by atoms with E-state index < -0.39 is 55.4 Å². The summed E-state index contributed by atoms with van der Waals surface area (Å²) in [4.78, 5) is 25.2. The normalized spacial score (nSPS) is 21.4. The molecule has 1 fully saturated rings. The fourth-order valence-corrected chi connectivity index (χ4v) is 5.57. The minimum atomic E-state index is -1.62. The Kier molecular flexibility index (Phi) is 32.5. The molecule has 0 aliphatic carbocycles. The van der Waals surface area contributed by atoms with Gasteiger partial charge < -0.3 is 39.4 Å². The molecule has 0 bridgehead atoms. The van der Waals surface area contributed by atoms with Crippen LogP contribution in [0.1, 0.15) is 123 Å². The molecular weight excluding hydrogens is 712 g/mol. The van der Waals surface area contributed by atoms with Gasteiger partial charge in [0.2, 0.25) is 0 Å². The van der Waals surface area contributed by atoms with Crippen molar-refractivity contribution < 1.29 is 49.0 Å². The summed E-state index contributed by atoms with van der Waals surface area (Å²) in [6.07, 6.45) is 39.9. The van der Waals surface area contributed by atoms with Crippen LogP contribution in [0.15, 0.2) is 97.2 Å². The lowest BCUT2D eigenvalue weighted by atomic mass is 9.99. The van der Waals surface area contributed by atoms with Crippen LogP contribution in [0.4, 0.5) is 0 Å². The molecule has 10 heteroatoms. The van der Waals surface area contributed by atoms with Gasteiger partial charge in [-0.05, 0) is 51.4 Å². The zero-order valence-electron chi connectivity index (χ0n) is 34.1. The molecule has 4 N–H and O–H groups in total. The number of hydrogen-bond acceptors (Lipinski definition) is 10. The van der Waals surface area contributed by atoms with Crippen molar-refractivity contribution in [2.24, 2.45) is 0 Å². The molecule has 0 aromatic heterocycles. The molecular formula is C46H72O10. The number of aliphatic hydroxyl groups is 4. The van der Waals surface area contributed by atoms with Gasteiger partial charge in [-0.3, -0.25) is 9.59 Å². The van der Waals surface area contributed by atoms with Crippen LogP contribution >= 0.6 is 0 Å². The minimum absolute atomic E-state index is 0.123. The van der Waals surface area contributed by atoms with Gasteiger partial charge in [-0.15, -0.1) is 0 Å². The van der Waals surface area contributed by atoms with Gasteiger partial charge in [0.05, 0.1) is 13.2 Å². The molecule has 10 nitrogen and oxygen atoms in total. The van der Waals surface area contributed by atoms with Gasteiger partial charge >= 0.3 is 11.9 Å². The Hall–Kier alpha value is -3.38. The average Bonchev–Trinajstić information content (AvgIpc) is 3.19. The Morgan fingerprint density at radius 1 is 0.571 bits per heavy atom. The molecule has 1 rings (SSSR count). The smallest absolute Gasteiger partial charge is 0.306 e. The van der Waals surface area contributed by atoms with Gasteiger partial charge in [-0.1, -0.05) is 156 Å². The molecule has 0 radical (unpaired) electrons. The topological polar surface area (TPSA) is 152 Å². The Labute approximate surface area is 337 Å². The van der Waals surface area contributed by atoms with Crippen LogP contribution in [0, 0.1) is 0 Å². The van der Waals surface area contributed by atoms with E-state index in [0.717, 1.165) is 44.9 Å². The lowest BCUT2D eigenvalue weighted by Crippen LogP contribution is -2.59. The van der Waals surface area contributed by atoms with E-state index in [9.17, 15) is 30.0 Å². The van der Waals surface area contributed by atoms with Crippen molar-refractivity contribution in [1.82, 2.24) is 0 Å². The fourth-order valence-electron chi connectivity index (χ4n) is 5.57. The van der Waals surface area contributed by atoms with Crippen LogP contribution in [-0.4, -0.2) is 89.0 Å². The van der Waals surface area contributed by atoms with Crippen molar-refractivity contribution >= 4 is 11.9 Å². The molecule has 0 aromatic rings. The quantitative estimate of drug-likeness (QED) is 0.0298. The van der Waals surface area contributed by atoms with E-state index in [2.05, 4.69) is 56.4 Å². The van der Waals surface area contributed by atoms with Crippen LogP contribution in [-0.2, 0) is 28.5 Å². The lowest BCUT2D eigenvalue weighted by Gasteiger charge is -2.39. The van der Waals surface area contributed by atoms with Crippen molar-refractivity contribution in [1.29, 1.82) is 0 Å². The molecule has 0 amide bonds. The second-order valence-corrected chi connectivity index (χ2v) is 13.9. The first-order valence-corrected chi connectivity index (χ1v) is 20.9. The maximum absolute atomic E-state index is 12.7. The lowest BCUT2D eigenvalue weighted by molar-refractivity contribution is -0.305. The van der Waals surface area contributed by atoms with E-state index in [4.69, 9.17) is 18.9 Å². The minimum Gasteiger partial charge on any atom is -0.462 e. The number of carbonyl (C=O) groups excluding carboxylic acids is 2. The molecule has 0 spiro atoms. The third-order valence-corrected chi connectivity index (χ3v) is 8.89. The summed E-state index contributed by atoms with van der Waals surface area (Å²) in [7, 11) is 0. The zero-order chi connectivity index (χ0) is 40.9. The van der Waals surface area contributed by atoms with Crippen molar-refractivity contribution in [2.75, 3.05) is 19.8 Å². The molecule has 56 heavy (non-hydrogen) atoms. The third kappa shape index (κ3) is 27.3. The molecule has 6 atom stereocenters. The number of aliphatic hydroxyl groups excluding tert-OH is 4. The summed E-state index contributed by atoms with van der Waals surface area (Å²) < 4.78 is 22.0. The number of hydrogen-bond donors (Lipinski definition) is 4. The molecule has 1 aliphatic heterocycles. The van der Waals surface area contributed by atoms with Crippen LogP contribution in [0.5, 0.6) is 0 Å². The maximum Gasteiger partial charge on any atom is 0.306 e. The molecule has 0 saturated carbocycles. The van der Waals surface area contributed by atoms with E-state index in [1.807, 2.05) is 54.7 Å². The Bertz CT molecular complexity index is 1230. The molecule has 3 unspecified atom stereocenters. The SMILES string of the molecule is CC/C=C/C=C/C=C/C=C/C=C/CCCC(=O)OC(COC(=O)CCCCCCC/C=C/C=C/C=C/CCCCCCC)CO[C@H]1O[C@@H](CO)[C@@H](O)C(O)C1O. The average molecular weight is 785 g/mol. The summed E-state index contributed by atoms with van der Waals surface area (Å²) >= 11 is 0. The van der Waals surface area contributed by atoms with E-state index in [1.165, 1.54) is 32.1 Å². The Morgan fingerprint density at radius 3 is 1.64 bits per heavy atom. The van der Waals surface area contributed by atoms with Crippen molar-refractivity contribution in [2.45, 2.75) is 160 Å². The van der Waals surface area contributed by atoms with Gasteiger partial charge in [0, 0.05) is 12.8 Å². The van der Waals surface area contributed by atoms with Gasteiger partial charge in [0.15, 0.2) is 12.4 Å². The van der Waals surface area contributed by atoms with Crippen LogP contribution < -0.4 is 0 Å². The number of rotatable bonds is 32. The summed E-state index contributed by atoms with van der Waals surface area (Å²) in [6.45, 7) is 3.13.